The van der Waals surface area contributed by atoms with E-state index in [-0.39, 0.29) is 0 Å². The molecule has 2 aromatic rings. The number of nitrogens with one attached hydrogen (secondary N) is 1. The molecule has 0 aliphatic carbocycles. The van der Waals surface area contributed by atoms with E-state index < -0.39 is 12.1 Å². The van der Waals surface area contributed by atoms with Gasteiger partial charge < -0.3 is 16.2 Å². The molecule has 3 rings (SSSR count). The highest BCUT2D eigenvalue weighted by Crippen LogP contribution is 2.32. The summed E-state index contributed by atoms with van der Waals surface area (Å²) >= 11 is 0. The molecule has 0 saturated heterocycles. The van der Waals surface area contributed by atoms with Gasteiger partial charge in [-0.2, -0.15) is 0 Å². The summed E-state index contributed by atoms with van der Waals surface area (Å²) in [7, 11) is 0. The van der Waals surface area contributed by atoms with Crippen LogP contribution in [0.2, 0.25) is 0 Å². The Morgan fingerprint density at radius 1 is 1.15 bits per heavy atom. The molecule has 0 radical (unpaired) electrons. The van der Waals surface area contributed by atoms with Crippen LogP contribution in [-0.2, 0) is 0 Å². The molecular weight excluding hydrogens is 252 g/mol. The van der Waals surface area contributed by atoms with E-state index in [2.05, 4.69) is 5.32 Å². The van der Waals surface area contributed by atoms with Crippen LogP contribution in [0.25, 0.3) is 5.57 Å². The summed E-state index contributed by atoms with van der Waals surface area (Å²) in [6.45, 7) is 0. The minimum atomic E-state index is -0.778. The Balaban J connectivity index is 2.17. The first-order valence-corrected chi connectivity index (χ1v) is 6.30. The molecule has 2 aromatic carbocycles. The van der Waals surface area contributed by atoms with Crippen LogP contribution in [0, 0.1) is 0 Å². The molecule has 4 N–H and O–H groups in total. The first kappa shape index (κ1) is 12.4. The van der Waals surface area contributed by atoms with Crippen LogP contribution in [0.4, 0.5) is 0 Å². The highest BCUT2D eigenvalue weighted by Gasteiger charge is 2.21. The standard InChI is InChI=1S/C16H14N2O2/c17-15(19)11-6-7-12-13(8-11)14(9-18-16(12)20)10-4-2-1-3-5-10/h1-9,16,18,20H,(H2,17,19). The van der Waals surface area contributed by atoms with Crippen LogP contribution in [-0.4, -0.2) is 11.0 Å². The van der Waals surface area contributed by atoms with Crippen LogP contribution >= 0.6 is 0 Å². The lowest BCUT2D eigenvalue weighted by Gasteiger charge is -2.24. The van der Waals surface area contributed by atoms with Crippen molar-refractivity contribution >= 4 is 11.5 Å². The van der Waals surface area contributed by atoms with Gasteiger partial charge in [-0.3, -0.25) is 4.79 Å². The average molecular weight is 266 g/mol. The number of aliphatic hydroxyl groups is 1. The van der Waals surface area contributed by atoms with E-state index in [4.69, 9.17) is 5.73 Å². The number of hydrogen-bond donors (Lipinski definition) is 3. The fraction of sp³-hybridized carbons (Fsp3) is 0.0625. The number of benzene rings is 2. The lowest BCUT2D eigenvalue weighted by atomic mass is 9.90. The maximum absolute atomic E-state index is 11.3. The summed E-state index contributed by atoms with van der Waals surface area (Å²) in [5.41, 5.74) is 9.24. The van der Waals surface area contributed by atoms with Gasteiger partial charge in [0.25, 0.3) is 0 Å². The van der Waals surface area contributed by atoms with E-state index in [1.807, 2.05) is 30.3 Å². The Morgan fingerprint density at radius 2 is 1.90 bits per heavy atom. The van der Waals surface area contributed by atoms with E-state index in [1.54, 1.807) is 24.4 Å². The van der Waals surface area contributed by atoms with Crippen LogP contribution < -0.4 is 11.1 Å². The molecule has 1 unspecified atom stereocenters. The second kappa shape index (κ2) is 4.83. The Morgan fingerprint density at radius 3 is 2.60 bits per heavy atom. The third kappa shape index (κ3) is 2.06. The summed E-state index contributed by atoms with van der Waals surface area (Å²) in [5, 5.41) is 12.9. The van der Waals surface area contributed by atoms with Gasteiger partial charge in [0.2, 0.25) is 5.91 Å². The van der Waals surface area contributed by atoms with E-state index in [0.717, 1.165) is 22.3 Å². The molecule has 1 atom stereocenters. The fourth-order valence-corrected chi connectivity index (χ4v) is 2.37. The smallest absolute Gasteiger partial charge is 0.248 e. The maximum Gasteiger partial charge on any atom is 0.248 e. The molecule has 1 aliphatic heterocycles. The Bertz CT molecular complexity index is 693. The molecule has 0 spiro atoms. The van der Waals surface area contributed by atoms with Crippen molar-refractivity contribution in [2.75, 3.05) is 0 Å². The number of primary amides is 1. The molecule has 1 amide bonds. The number of rotatable bonds is 2. The van der Waals surface area contributed by atoms with Gasteiger partial charge >= 0.3 is 0 Å². The predicted molar refractivity (Wildman–Crippen MR) is 76.6 cm³/mol. The Kier molecular flexibility index (Phi) is 3.00. The average Bonchev–Trinajstić information content (AvgIpc) is 2.48. The zero-order valence-electron chi connectivity index (χ0n) is 10.7. The summed E-state index contributed by atoms with van der Waals surface area (Å²) in [4.78, 5) is 11.3. The van der Waals surface area contributed by atoms with Crippen molar-refractivity contribution in [1.29, 1.82) is 0 Å². The van der Waals surface area contributed by atoms with Gasteiger partial charge in [0.1, 0.15) is 0 Å². The van der Waals surface area contributed by atoms with E-state index in [0.29, 0.717) is 5.56 Å². The molecule has 0 aromatic heterocycles. The number of carbonyl (C=O) groups is 1. The summed E-state index contributed by atoms with van der Waals surface area (Å²) in [6, 6.07) is 14.9. The quantitative estimate of drug-likeness (QED) is 0.775. The number of aliphatic hydroxyl groups excluding tert-OH is 1. The fourth-order valence-electron chi connectivity index (χ4n) is 2.37. The summed E-state index contributed by atoms with van der Waals surface area (Å²) < 4.78 is 0. The normalized spacial score (nSPS) is 16.9. The van der Waals surface area contributed by atoms with E-state index >= 15 is 0 Å². The SMILES string of the molecule is NC(=O)c1ccc2c(c1)C(c1ccccc1)=CNC2O. The van der Waals surface area contributed by atoms with Crippen molar-refractivity contribution in [3.8, 4) is 0 Å². The van der Waals surface area contributed by atoms with Crippen molar-refractivity contribution in [1.82, 2.24) is 5.32 Å². The third-order valence-electron chi connectivity index (χ3n) is 3.39. The monoisotopic (exact) mass is 266 g/mol. The van der Waals surface area contributed by atoms with Crippen LogP contribution in [0.5, 0.6) is 0 Å². The van der Waals surface area contributed by atoms with Crippen molar-refractivity contribution in [3.05, 3.63) is 77.0 Å². The minimum absolute atomic E-state index is 0.430. The zero-order chi connectivity index (χ0) is 14.1. The van der Waals surface area contributed by atoms with Gasteiger partial charge in [0.05, 0.1) is 0 Å². The molecule has 4 heteroatoms. The molecule has 20 heavy (non-hydrogen) atoms. The highest BCUT2D eigenvalue weighted by atomic mass is 16.3. The van der Waals surface area contributed by atoms with Crippen LogP contribution in [0.1, 0.15) is 33.3 Å². The van der Waals surface area contributed by atoms with Gasteiger partial charge in [0, 0.05) is 22.9 Å². The zero-order valence-corrected chi connectivity index (χ0v) is 10.7. The molecule has 0 saturated carbocycles. The lowest BCUT2D eigenvalue weighted by Crippen LogP contribution is -2.22. The second-order valence-electron chi connectivity index (χ2n) is 4.66. The number of hydrogen-bond acceptors (Lipinski definition) is 3. The second-order valence-corrected chi connectivity index (χ2v) is 4.66. The summed E-state index contributed by atoms with van der Waals surface area (Å²) in [6.07, 6.45) is 0.979. The van der Waals surface area contributed by atoms with E-state index in [1.165, 1.54) is 0 Å². The number of carbonyl (C=O) groups excluding carboxylic acids is 1. The van der Waals surface area contributed by atoms with Gasteiger partial charge in [-0.15, -0.1) is 0 Å². The minimum Gasteiger partial charge on any atom is -0.369 e. The molecular formula is C16H14N2O2. The highest BCUT2D eigenvalue weighted by molar-refractivity contribution is 5.95. The predicted octanol–water partition coefficient (Wildman–Crippen LogP) is 1.77. The molecule has 0 bridgehead atoms. The lowest BCUT2D eigenvalue weighted by molar-refractivity contribution is 0.0999. The van der Waals surface area contributed by atoms with Crippen molar-refractivity contribution in [3.63, 3.8) is 0 Å². The van der Waals surface area contributed by atoms with Crippen molar-refractivity contribution < 1.29 is 9.90 Å². The van der Waals surface area contributed by atoms with Crippen LogP contribution in [0.3, 0.4) is 0 Å². The molecule has 0 fully saturated rings. The van der Waals surface area contributed by atoms with Gasteiger partial charge in [-0.1, -0.05) is 36.4 Å². The molecule has 100 valence electrons. The van der Waals surface area contributed by atoms with Crippen molar-refractivity contribution in [2.24, 2.45) is 5.73 Å². The Labute approximate surface area is 116 Å². The maximum atomic E-state index is 11.3. The Hall–Kier alpha value is -2.59. The first-order valence-electron chi connectivity index (χ1n) is 6.30. The first-order chi connectivity index (χ1) is 9.66. The largest absolute Gasteiger partial charge is 0.369 e. The third-order valence-corrected chi connectivity index (χ3v) is 3.39. The van der Waals surface area contributed by atoms with Gasteiger partial charge in [0.15, 0.2) is 6.23 Å². The molecule has 4 nitrogen and oxygen atoms in total. The van der Waals surface area contributed by atoms with Gasteiger partial charge in [-0.05, 0) is 23.3 Å². The van der Waals surface area contributed by atoms with Crippen molar-refractivity contribution in [2.45, 2.75) is 6.23 Å². The number of nitrogens with two attached hydrogens (primary N) is 1. The molecule has 1 aliphatic rings. The molecule has 1 heterocycles. The summed E-state index contributed by atoms with van der Waals surface area (Å²) in [5.74, 6) is -0.478. The number of fused-ring (bicyclic) bond motifs is 1. The van der Waals surface area contributed by atoms with Gasteiger partial charge in [-0.25, -0.2) is 0 Å². The topological polar surface area (TPSA) is 75.4 Å². The number of amides is 1. The van der Waals surface area contributed by atoms with E-state index in [9.17, 15) is 9.90 Å². The van der Waals surface area contributed by atoms with Crippen LogP contribution in [0.15, 0.2) is 54.7 Å².